The van der Waals surface area contributed by atoms with Gasteiger partial charge in [-0.3, -0.25) is 9.89 Å². The SMILES string of the molecule is Cc1cc(CNC(=O)c2cc(F)c(F)cc2Cl)n[nH]1. The molecule has 2 rings (SSSR count). The molecule has 0 unspecified atom stereocenters. The Morgan fingerprint density at radius 1 is 1.37 bits per heavy atom. The average molecular weight is 286 g/mol. The van der Waals surface area contributed by atoms with Gasteiger partial charge in [0.1, 0.15) is 0 Å². The number of amides is 1. The Hall–Kier alpha value is -1.95. The highest BCUT2D eigenvalue weighted by atomic mass is 35.5. The van der Waals surface area contributed by atoms with E-state index in [0.717, 1.165) is 17.8 Å². The molecule has 2 aromatic rings. The number of aromatic nitrogens is 2. The number of benzene rings is 1. The van der Waals surface area contributed by atoms with E-state index in [-0.39, 0.29) is 17.1 Å². The van der Waals surface area contributed by atoms with E-state index < -0.39 is 17.5 Å². The second-order valence-corrected chi connectivity index (χ2v) is 4.38. The molecule has 100 valence electrons. The van der Waals surface area contributed by atoms with Crippen molar-refractivity contribution in [2.24, 2.45) is 0 Å². The van der Waals surface area contributed by atoms with Crippen molar-refractivity contribution in [1.82, 2.24) is 15.5 Å². The zero-order chi connectivity index (χ0) is 14.0. The maximum atomic E-state index is 13.1. The van der Waals surface area contributed by atoms with E-state index in [1.165, 1.54) is 0 Å². The van der Waals surface area contributed by atoms with Gasteiger partial charge in [0.05, 0.1) is 22.8 Å². The van der Waals surface area contributed by atoms with Crippen LogP contribution in [0.5, 0.6) is 0 Å². The van der Waals surface area contributed by atoms with Gasteiger partial charge < -0.3 is 5.32 Å². The Kier molecular flexibility index (Phi) is 3.80. The summed E-state index contributed by atoms with van der Waals surface area (Å²) in [6, 6.07) is 3.29. The minimum Gasteiger partial charge on any atom is -0.346 e. The summed E-state index contributed by atoms with van der Waals surface area (Å²) in [5, 5.41) is 9.03. The molecular formula is C12H10ClF2N3O. The molecule has 0 saturated carbocycles. The highest BCUT2D eigenvalue weighted by Crippen LogP contribution is 2.19. The molecule has 0 spiro atoms. The van der Waals surface area contributed by atoms with Crippen LogP contribution in [0.3, 0.4) is 0 Å². The Balaban J connectivity index is 2.10. The Morgan fingerprint density at radius 2 is 2.05 bits per heavy atom. The van der Waals surface area contributed by atoms with E-state index in [1.807, 2.05) is 6.92 Å². The van der Waals surface area contributed by atoms with Gasteiger partial charge in [0.2, 0.25) is 0 Å². The number of hydrogen-bond acceptors (Lipinski definition) is 2. The van der Waals surface area contributed by atoms with Gasteiger partial charge >= 0.3 is 0 Å². The summed E-state index contributed by atoms with van der Waals surface area (Å²) < 4.78 is 25.9. The molecule has 4 nitrogen and oxygen atoms in total. The quantitative estimate of drug-likeness (QED) is 0.852. The van der Waals surface area contributed by atoms with Crippen LogP contribution in [0.2, 0.25) is 5.02 Å². The standard InChI is InChI=1S/C12H10ClF2N3O/c1-6-2-7(18-17-6)5-16-12(19)8-3-10(14)11(15)4-9(8)13/h2-4H,5H2,1H3,(H,16,19)(H,17,18). The predicted octanol–water partition coefficient (Wildman–Crippen LogP) is 2.58. The van der Waals surface area contributed by atoms with Crippen LogP contribution in [0.25, 0.3) is 0 Å². The van der Waals surface area contributed by atoms with Crippen molar-refractivity contribution < 1.29 is 13.6 Å². The first-order valence-corrected chi connectivity index (χ1v) is 5.79. The van der Waals surface area contributed by atoms with E-state index in [4.69, 9.17) is 11.6 Å². The molecule has 1 aromatic heterocycles. The molecule has 1 aromatic carbocycles. The fourth-order valence-electron chi connectivity index (χ4n) is 1.53. The molecule has 0 aliphatic heterocycles. The minimum absolute atomic E-state index is 0.118. The number of carbonyl (C=O) groups is 1. The number of carbonyl (C=O) groups excluding carboxylic acids is 1. The smallest absolute Gasteiger partial charge is 0.253 e. The Labute approximate surface area is 112 Å². The third-order valence-electron chi connectivity index (χ3n) is 2.44. The lowest BCUT2D eigenvalue weighted by molar-refractivity contribution is 0.0950. The fourth-order valence-corrected chi connectivity index (χ4v) is 1.76. The highest BCUT2D eigenvalue weighted by molar-refractivity contribution is 6.33. The molecule has 0 saturated heterocycles. The molecule has 2 N–H and O–H groups in total. The number of H-pyrrole nitrogens is 1. The fraction of sp³-hybridized carbons (Fsp3) is 0.167. The van der Waals surface area contributed by atoms with Gasteiger partial charge in [0.15, 0.2) is 11.6 Å². The molecule has 1 amide bonds. The lowest BCUT2D eigenvalue weighted by atomic mass is 10.2. The van der Waals surface area contributed by atoms with Gasteiger partial charge in [-0.05, 0) is 25.1 Å². The van der Waals surface area contributed by atoms with Crippen molar-refractivity contribution in [2.75, 3.05) is 0 Å². The topological polar surface area (TPSA) is 57.8 Å². The van der Waals surface area contributed by atoms with Crippen LogP contribution in [0, 0.1) is 18.6 Å². The molecule has 0 radical (unpaired) electrons. The second kappa shape index (κ2) is 5.36. The molecule has 0 fully saturated rings. The third kappa shape index (κ3) is 3.08. The van der Waals surface area contributed by atoms with Crippen LogP contribution in [0.1, 0.15) is 21.7 Å². The largest absolute Gasteiger partial charge is 0.346 e. The normalized spacial score (nSPS) is 10.5. The first kappa shape index (κ1) is 13.5. The maximum absolute atomic E-state index is 13.1. The van der Waals surface area contributed by atoms with Gasteiger partial charge in [0.25, 0.3) is 5.91 Å². The monoisotopic (exact) mass is 285 g/mol. The van der Waals surface area contributed by atoms with E-state index in [2.05, 4.69) is 15.5 Å². The number of aryl methyl sites for hydroxylation is 1. The van der Waals surface area contributed by atoms with E-state index in [1.54, 1.807) is 6.07 Å². The number of rotatable bonds is 3. The lowest BCUT2D eigenvalue weighted by Gasteiger charge is -2.06. The zero-order valence-corrected chi connectivity index (χ0v) is 10.7. The van der Waals surface area contributed by atoms with Gasteiger partial charge in [-0.2, -0.15) is 5.10 Å². The average Bonchev–Trinajstić information content (AvgIpc) is 2.77. The van der Waals surface area contributed by atoms with Crippen LogP contribution in [-0.4, -0.2) is 16.1 Å². The predicted molar refractivity (Wildman–Crippen MR) is 65.9 cm³/mol. The van der Waals surface area contributed by atoms with Crippen LogP contribution in [-0.2, 0) is 6.54 Å². The molecule has 7 heteroatoms. The molecule has 0 aliphatic rings. The summed E-state index contributed by atoms with van der Waals surface area (Å²) in [7, 11) is 0. The molecule has 1 heterocycles. The number of hydrogen-bond donors (Lipinski definition) is 2. The molecule has 0 aliphatic carbocycles. The van der Waals surface area contributed by atoms with Gasteiger partial charge in [-0.1, -0.05) is 11.6 Å². The molecular weight excluding hydrogens is 276 g/mol. The molecule has 19 heavy (non-hydrogen) atoms. The third-order valence-corrected chi connectivity index (χ3v) is 2.76. The van der Waals surface area contributed by atoms with Crippen LogP contribution >= 0.6 is 11.6 Å². The van der Waals surface area contributed by atoms with Crippen molar-refractivity contribution in [3.63, 3.8) is 0 Å². The number of nitrogens with one attached hydrogen (secondary N) is 2. The Bertz CT molecular complexity index is 627. The van der Waals surface area contributed by atoms with Gasteiger partial charge in [0, 0.05) is 5.69 Å². The van der Waals surface area contributed by atoms with E-state index in [9.17, 15) is 13.6 Å². The number of nitrogens with zero attached hydrogens (tertiary/aromatic N) is 1. The zero-order valence-electron chi connectivity index (χ0n) is 9.93. The van der Waals surface area contributed by atoms with E-state index >= 15 is 0 Å². The number of aromatic amines is 1. The van der Waals surface area contributed by atoms with Crippen LogP contribution < -0.4 is 5.32 Å². The second-order valence-electron chi connectivity index (χ2n) is 3.97. The Morgan fingerprint density at radius 3 is 2.68 bits per heavy atom. The minimum atomic E-state index is -1.12. The van der Waals surface area contributed by atoms with Gasteiger partial charge in [-0.25, -0.2) is 8.78 Å². The van der Waals surface area contributed by atoms with Crippen molar-refractivity contribution in [3.8, 4) is 0 Å². The number of halogens is 3. The first-order valence-electron chi connectivity index (χ1n) is 5.41. The van der Waals surface area contributed by atoms with Crippen LogP contribution in [0.15, 0.2) is 18.2 Å². The summed E-state index contributed by atoms with van der Waals surface area (Å²) in [6.07, 6.45) is 0. The maximum Gasteiger partial charge on any atom is 0.253 e. The molecule has 0 atom stereocenters. The summed E-state index contributed by atoms with van der Waals surface area (Å²) in [6.45, 7) is 1.99. The van der Waals surface area contributed by atoms with Crippen molar-refractivity contribution >= 4 is 17.5 Å². The van der Waals surface area contributed by atoms with Crippen LogP contribution in [0.4, 0.5) is 8.78 Å². The van der Waals surface area contributed by atoms with Gasteiger partial charge in [-0.15, -0.1) is 0 Å². The lowest BCUT2D eigenvalue weighted by Crippen LogP contribution is -2.23. The summed E-state index contributed by atoms with van der Waals surface area (Å²) in [4.78, 5) is 11.8. The van der Waals surface area contributed by atoms with Crippen molar-refractivity contribution in [3.05, 3.63) is 51.8 Å². The summed E-state index contributed by atoms with van der Waals surface area (Å²) in [5.74, 6) is -2.81. The molecule has 0 bridgehead atoms. The first-order chi connectivity index (χ1) is 8.97. The summed E-state index contributed by atoms with van der Waals surface area (Å²) in [5.41, 5.74) is 1.37. The highest BCUT2D eigenvalue weighted by Gasteiger charge is 2.15. The van der Waals surface area contributed by atoms with Crippen molar-refractivity contribution in [1.29, 1.82) is 0 Å². The summed E-state index contributed by atoms with van der Waals surface area (Å²) >= 11 is 5.69. The van der Waals surface area contributed by atoms with E-state index in [0.29, 0.717) is 5.69 Å². The van der Waals surface area contributed by atoms with Crippen molar-refractivity contribution in [2.45, 2.75) is 13.5 Å².